The highest BCUT2D eigenvalue weighted by Gasteiger charge is 2.41. The van der Waals surface area contributed by atoms with Gasteiger partial charge in [0, 0.05) is 18.8 Å². The van der Waals surface area contributed by atoms with E-state index in [0.29, 0.717) is 11.5 Å². The highest BCUT2D eigenvalue weighted by Crippen LogP contribution is 2.37. The van der Waals surface area contributed by atoms with Crippen LogP contribution in [0.25, 0.3) is 0 Å². The average molecular weight is 242 g/mol. The van der Waals surface area contributed by atoms with E-state index < -0.39 is 8.56 Å². The van der Waals surface area contributed by atoms with E-state index in [2.05, 4.69) is 39.5 Å². The van der Waals surface area contributed by atoms with Crippen molar-refractivity contribution in [2.24, 2.45) is 5.92 Å². The van der Waals surface area contributed by atoms with Crippen LogP contribution in [0.2, 0.25) is 12.1 Å². The molecule has 0 saturated heterocycles. The minimum atomic E-state index is -1.99. The van der Waals surface area contributed by atoms with Crippen LogP contribution >= 0.6 is 0 Å². The number of hydrogen-bond acceptors (Lipinski definition) is 2. The molecule has 2 atom stereocenters. The molecular formula is C13H26O2Si. The normalized spacial score (nSPS) is 23.4. The van der Waals surface area contributed by atoms with Gasteiger partial charge in [0.2, 0.25) is 0 Å². The van der Waals surface area contributed by atoms with Gasteiger partial charge in [0.15, 0.2) is 0 Å². The molecule has 94 valence electrons. The van der Waals surface area contributed by atoms with Crippen LogP contribution in [-0.2, 0) is 8.85 Å². The summed E-state index contributed by atoms with van der Waals surface area (Å²) >= 11 is 0. The summed E-state index contributed by atoms with van der Waals surface area (Å²) in [6.07, 6.45) is 8.54. The monoisotopic (exact) mass is 242 g/mol. The largest absolute Gasteiger partial charge is 0.394 e. The highest BCUT2D eigenvalue weighted by atomic mass is 28.4. The second-order valence-electron chi connectivity index (χ2n) is 4.69. The van der Waals surface area contributed by atoms with E-state index in [4.69, 9.17) is 8.85 Å². The number of allylic oxidation sites excluding steroid dienone is 2. The van der Waals surface area contributed by atoms with Crippen LogP contribution in [0.4, 0.5) is 0 Å². The first kappa shape index (κ1) is 13.9. The molecule has 16 heavy (non-hydrogen) atoms. The van der Waals surface area contributed by atoms with E-state index >= 15 is 0 Å². The summed E-state index contributed by atoms with van der Waals surface area (Å²) in [5, 5.41) is 0. The third-order valence-corrected chi connectivity index (χ3v) is 7.43. The van der Waals surface area contributed by atoms with E-state index in [1.807, 2.05) is 0 Å². The summed E-state index contributed by atoms with van der Waals surface area (Å²) in [5.74, 6) is 0.656. The van der Waals surface area contributed by atoms with Gasteiger partial charge in [-0.3, -0.25) is 0 Å². The molecule has 0 aliphatic heterocycles. The van der Waals surface area contributed by atoms with E-state index in [1.165, 1.54) is 19.3 Å². The molecule has 0 N–H and O–H groups in total. The van der Waals surface area contributed by atoms with Crippen molar-refractivity contribution in [3.05, 3.63) is 12.2 Å². The Morgan fingerprint density at radius 2 is 1.94 bits per heavy atom. The van der Waals surface area contributed by atoms with Gasteiger partial charge in [-0.25, -0.2) is 0 Å². The second-order valence-corrected chi connectivity index (χ2v) is 8.21. The molecule has 0 aromatic heterocycles. The molecule has 0 amide bonds. The van der Waals surface area contributed by atoms with Crippen molar-refractivity contribution >= 4 is 8.56 Å². The lowest BCUT2D eigenvalue weighted by atomic mass is 9.93. The molecule has 2 nitrogen and oxygen atoms in total. The lowest BCUT2D eigenvalue weighted by Gasteiger charge is -2.36. The molecule has 0 aromatic rings. The zero-order valence-corrected chi connectivity index (χ0v) is 12.2. The van der Waals surface area contributed by atoms with Crippen molar-refractivity contribution in [2.45, 2.75) is 52.1 Å². The van der Waals surface area contributed by atoms with E-state index in [-0.39, 0.29) is 0 Å². The van der Waals surface area contributed by atoms with Crippen LogP contribution in [0.5, 0.6) is 0 Å². The summed E-state index contributed by atoms with van der Waals surface area (Å²) in [4.78, 5) is 0. The lowest BCUT2D eigenvalue weighted by Crippen LogP contribution is -2.45. The second kappa shape index (κ2) is 6.57. The predicted molar refractivity (Wildman–Crippen MR) is 70.8 cm³/mol. The van der Waals surface area contributed by atoms with Crippen molar-refractivity contribution in [1.82, 2.24) is 0 Å². The van der Waals surface area contributed by atoms with Crippen molar-refractivity contribution in [1.29, 1.82) is 0 Å². The molecule has 0 radical (unpaired) electrons. The SMILES string of the molecule is CCO[Si](C)(OCC)C(C)C1C=CCCC1. The Kier molecular flexibility index (Phi) is 5.73. The lowest BCUT2D eigenvalue weighted by molar-refractivity contribution is 0.172. The minimum absolute atomic E-state index is 0.545. The molecule has 0 heterocycles. The van der Waals surface area contributed by atoms with E-state index in [1.54, 1.807) is 0 Å². The molecule has 0 spiro atoms. The first-order valence-corrected chi connectivity index (χ1v) is 8.98. The standard InChI is InChI=1S/C13H26O2Si/c1-5-14-16(4,15-6-2)12(3)13-10-8-7-9-11-13/h8,10,12-13H,5-7,9,11H2,1-4H3. The molecule has 3 heteroatoms. The smallest absolute Gasteiger partial charge is 0.338 e. The van der Waals surface area contributed by atoms with Crippen molar-refractivity contribution in [3.8, 4) is 0 Å². The predicted octanol–water partition coefficient (Wildman–Crippen LogP) is 3.88. The quantitative estimate of drug-likeness (QED) is 0.520. The molecule has 0 bridgehead atoms. The Labute approximate surface area is 101 Å². The zero-order valence-electron chi connectivity index (χ0n) is 11.2. The zero-order chi connectivity index (χ0) is 12.0. The maximum atomic E-state index is 5.97. The number of rotatable bonds is 6. The molecule has 0 fully saturated rings. The average Bonchev–Trinajstić information content (AvgIpc) is 2.30. The first-order chi connectivity index (χ1) is 7.64. The van der Waals surface area contributed by atoms with Crippen LogP contribution in [-0.4, -0.2) is 21.8 Å². The third kappa shape index (κ3) is 3.44. The molecule has 0 aromatic carbocycles. The molecule has 0 saturated carbocycles. The first-order valence-electron chi connectivity index (χ1n) is 6.58. The van der Waals surface area contributed by atoms with Gasteiger partial charge in [-0.2, -0.15) is 0 Å². The summed E-state index contributed by atoms with van der Waals surface area (Å²) < 4.78 is 11.9. The Balaban J connectivity index is 2.68. The topological polar surface area (TPSA) is 18.5 Å². The van der Waals surface area contributed by atoms with E-state index in [9.17, 15) is 0 Å². The van der Waals surface area contributed by atoms with Gasteiger partial charge in [0.05, 0.1) is 0 Å². The Hall–Kier alpha value is -0.123. The highest BCUT2D eigenvalue weighted by molar-refractivity contribution is 6.67. The van der Waals surface area contributed by atoms with Gasteiger partial charge in [-0.15, -0.1) is 0 Å². The summed E-state index contributed by atoms with van der Waals surface area (Å²) in [5.41, 5.74) is 0.545. The van der Waals surface area contributed by atoms with Gasteiger partial charge < -0.3 is 8.85 Å². The van der Waals surface area contributed by atoms with Crippen molar-refractivity contribution in [2.75, 3.05) is 13.2 Å². The Morgan fingerprint density at radius 3 is 2.38 bits per heavy atom. The number of hydrogen-bond donors (Lipinski definition) is 0. The van der Waals surface area contributed by atoms with Gasteiger partial charge >= 0.3 is 8.56 Å². The van der Waals surface area contributed by atoms with Crippen LogP contribution in [0.1, 0.15) is 40.0 Å². The fourth-order valence-electron chi connectivity index (χ4n) is 2.52. The van der Waals surface area contributed by atoms with Crippen molar-refractivity contribution in [3.63, 3.8) is 0 Å². The van der Waals surface area contributed by atoms with E-state index in [0.717, 1.165) is 13.2 Å². The summed E-state index contributed by atoms with van der Waals surface area (Å²) in [7, 11) is -1.99. The Bertz CT molecular complexity index is 222. The summed E-state index contributed by atoms with van der Waals surface area (Å²) in [6.45, 7) is 10.2. The Morgan fingerprint density at radius 1 is 1.31 bits per heavy atom. The fourth-order valence-corrected chi connectivity index (χ4v) is 5.33. The maximum Gasteiger partial charge on any atom is 0.338 e. The maximum absolute atomic E-state index is 5.97. The minimum Gasteiger partial charge on any atom is -0.394 e. The van der Waals surface area contributed by atoms with Gasteiger partial charge in [0.25, 0.3) is 0 Å². The van der Waals surface area contributed by atoms with Crippen LogP contribution in [0, 0.1) is 5.92 Å². The van der Waals surface area contributed by atoms with Gasteiger partial charge in [-0.05, 0) is 45.6 Å². The van der Waals surface area contributed by atoms with Crippen molar-refractivity contribution < 1.29 is 8.85 Å². The summed E-state index contributed by atoms with van der Waals surface area (Å²) in [6, 6.07) is 0. The van der Waals surface area contributed by atoms with Gasteiger partial charge in [0.1, 0.15) is 0 Å². The van der Waals surface area contributed by atoms with Crippen LogP contribution < -0.4 is 0 Å². The van der Waals surface area contributed by atoms with Crippen LogP contribution in [0.3, 0.4) is 0 Å². The van der Waals surface area contributed by atoms with Gasteiger partial charge in [-0.1, -0.05) is 19.1 Å². The van der Waals surface area contributed by atoms with Crippen LogP contribution in [0.15, 0.2) is 12.2 Å². The molecular weight excluding hydrogens is 216 g/mol. The molecule has 1 aliphatic carbocycles. The fraction of sp³-hybridized carbons (Fsp3) is 0.846. The molecule has 2 unspecified atom stereocenters. The third-order valence-electron chi connectivity index (χ3n) is 3.62. The molecule has 1 aliphatic rings. The molecule has 1 rings (SSSR count).